The molecule has 0 saturated heterocycles. The molecule has 2 aromatic rings. The summed E-state index contributed by atoms with van der Waals surface area (Å²) in [7, 11) is -3.43. The minimum absolute atomic E-state index is 0.235. The van der Waals surface area contributed by atoms with Gasteiger partial charge in [-0.05, 0) is 49.6 Å². The highest BCUT2D eigenvalue weighted by molar-refractivity contribution is 7.89. The Balaban J connectivity index is 1.85. The van der Waals surface area contributed by atoms with Gasteiger partial charge in [0.15, 0.2) is 0 Å². The molecular formula is C16H19NO3S. The molecule has 0 fully saturated rings. The Kier molecular flexibility index (Phi) is 4.98. The number of sulfonamides is 1. The van der Waals surface area contributed by atoms with Crippen molar-refractivity contribution in [2.75, 3.05) is 6.54 Å². The molecule has 0 aliphatic heterocycles. The summed E-state index contributed by atoms with van der Waals surface area (Å²) in [5, 5.41) is 9.19. The highest BCUT2D eigenvalue weighted by Crippen LogP contribution is 2.12. The van der Waals surface area contributed by atoms with E-state index in [1.165, 1.54) is 0 Å². The highest BCUT2D eigenvalue weighted by atomic mass is 32.2. The van der Waals surface area contributed by atoms with Crippen molar-refractivity contribution in [2.45, 2.75) is 24.7 Å². The van der Waals surface area contributed by atoms with Gasteiger partial charge < -0.3 is 5.11 Å². The van der Waals surface area contributed by atoms with Crippen molar-refractivity contribution in [1.29, 1.82) is 0 Å². The van der Waals surface area contributed by atoms with E-state index in [-0.39, 0.29) is 10.6 Å². The lowest BCUT2D eigenvalue weighted by molar-refractivity contribution is 0.475. The Morgan fingerprint density at radius 2 is 1.62 bits per heavy atom. The third kappa shape index (κ3) is 4.58. The highest BCUT2D eigenvalue weighted by Gasteiger charge is 2.12. The van der Waals surface area contributed by atoms with Gasteiger partial charge in [-0.15, -0.1) is 0 Å². The predicted molar refractivity (Wildman–Crippen MR) is 82.8 cm³/mol. The molecule has 2 N–H and O–H groups in total. The monoisotopic (exact) mass is 305 g/mol. The van der Waals surface area contributed by atoms with Crippen LogP contribution in [0.5, 0.6) is 5.75 Å². The number of aromatic hydroxyl groups is 1. The number of hydrogen-bond donors (Lipinski definition) is 2. The van der Waals surface area contributed by atoms with Gasteiger partial charge in [0.05, 0.1) is 4.90 Å². The maximum Gasteiger partial charge on any atom is 0.240 e. The summed E-state index contributed by atoms with van der Waals surface area (Å²) >= 11 is 0. The molecular weight excluding hydrogens is 286 g/mol. The van der Waals surface area contributed by atoms with Crippen molar-refractivity contribution in [2.24, 2.45) is 0 Å². The third-order valence-corrected chi connectivity index (χ3v) is 4.68. The quantitative estimate of drug-likeness (QED) is 0.806. The van der Waals surface area contributed by atoms with E-state index in [4.69, 9.17) is 0 Å². The van der Waals surface area contributed by atoms with Crippen LogP contribution in [-0.4, -0.2) is 20.1 Å². The van der Waals surface area contributed by atoms with Crippen LogP contribution in [0.2, 0.25) is 0 Å². The van der Waals surface area contributed by atoms with Gasteiger partial charge in [-0.3, -0.25) is 0 Å². The molecule has 112 valence electrons. The lowest BCUT2D eigenvalue weighted by Crippen LogP contribution is -2.25. The molecule has 0 aromatic heterocycles. The van der Waals surface area contributed by atoms with Crippen molar-refractivity contribution in [1.82, 2.24) is 4.72 Å². The van der Waals surface area contributed by atoms with Crippen LogP contribution in [0.15, 0.2) is 53.4 Å². The van der Waals surface area contributed by atoms with Crippen LogP contribution in [0.3, 0.4) is 0 Å². The topological polar surface area (TPSA) is 66.4 Å². The van der Waals surface area contributed by atoms with Crippen molar-refractivity contribution in [3.63, 3.8) is 0 Å². The van der Waals surface area contributed by atoms with Gasteiger partial charge in [0.2, 0.25) is 10.0 Å². The predicted octanol–water partition coefficient (Wildman–Crippen LogP) is 2.61. The standard InChI is InChI=1S/C16H19NO3S/c1-13-4-10-16(11-5-13)21(19,20)17-12-2-3-14-6-8-15(18)9-7-14/h4-11,17-18H,2-3,12H2,1H3. The molecule has 0 heterocycles. The van der Waals surface area contributed by atoms with E-state index in [9.17, 15) is 13.5 Å². The fourth-order valence-electron chi connectivity index (χ4n) is 1.96. The fourth-order valence-corrected chi connectivity index (χ4v) is 3.04. The minimum Gasteiger partial charge on any atom is -0.508 e. The Morgan fingerprint density at radius 3 is 2.24 bits per heavy atom. The Morgan fingerprint density at radius 1 is 1.00 bits per heavy atom. The molecule has 2 rings (SSSR count). The number of phenolic OH excluding ortho intramolecular Hbond substituents is 1. The lowest BCUT2D eigenvalue weighted by Gasteiger charge is -2.07. The largest absolute Gasteiger partial charge is 0.508 e. The van der Waals surface area contributed by atoms with Gasteiger partial charge in [-0.1, -0.05) is 29.8 Å². The number of rotatable bonds is 6. The van der Waals surface area contributed by atoms with Crippen LogP contribution in [0, 0.1) is 6.92 Å². The SMILES string of the molecule is Cc1ccc(S(=O)(=O)NCCCc2ccc(O)cc2)cc1. The molecule has 0 saturated carbocycles. The van der Waals surface area contributed by atoms with Crippen LogP contribution in [0.4, 0.5) is 0 Å². The number of aryl methyl sites for hydroxylation is 2. The van der Waals surface area contributed by atoms with Gasteiger partial charge in [-0.25, -0.2) is 13.1 Å². The first-order valence-corrected chi connectivity index (χ1v) is 8.30. The fraction of sp³-hybridized carbons (Fsp3) is 0.250. The second-order valence-electron chi connectivity index (χ2n) is 4.98. The van der Waals surface area contributed by atoms with Crippen LogP contribution in [0.25, 0.3) is 0 Å². The Labute approximate surface area is 125 Å². The molecule has 4 nitrogen and oxygen atoms in total. The summed E-state index contributed by atoms with van der Waals surface area (Å²) in [6.07, 6.45) is 1.46. The second kappa shape index (κ2) is 6.74. The maximum absolute atomic E-state index is 12.1. The molecule has 0 aliphatic rings. The molecule has 21 heavy (non-hydrogen) atoms. The molecule has 0 unspecified atom stereocenters. The summed E-state index contributed by atoms with van der Waals surface area (Å²) in [5.41, 5.74) is 2.10. The van der Waals surface area contributed by atoms with E-state index in [0.29, 0.717) is 13.0 Å². The summed E-state index contributed by atoms with van der Waals surface area (Å²) in [6.45, 7) is 2.30. The zero-order valence-corrected chi connectivity index (χ0v) is 12.7. The number of hydrogen-bond acceptors (Lipinski definition) is 3. The number of nitrogens with one attached hydrogen (secondary N) is 1. The van der Waals surface area contributed by atoms with E-state index in [1.807, 2.05) is 19.1 Å². The summed E-state index contributed by atoms with van der Waals surface area (Å²) < 4.78 is 26.7. The van der Waals surface area contributed by atoms with Gasteiger partial charge in [0.25, 0.3) is 0 Å². The van der Waals surface area contributed by atoms with Crippen LogP contribution < -0.4 is 4.72 Å². The molecule has 0 radical (unpaired) electrons. The van der Waals surface area contributed by atoms with Crippen molar-refractivity contribution >= 4 is 10.0 Å². The van der Waals surface area contributed by atoms with Gasteiger partial charge in [0.1, 0.15) is 5.75 Å². The smallest absolute Gasteiger partial charge is 0.240 e. The van der Waals surface area contributed by atoms with Gasteiger partial charge in [-0.2, -0.15) is 0 Å². The van der Waals surface area contributed by atoms with E-state index >= 15 is 0 Å². The first kappa shape index (κ1) is 15.5. The van der Waals surface area contributed by atoms with Crippen molar-refractivity contribution < 1.29 is 13.5 Å². The molecule has 0 bridgehead atoms. The average Bonchev–Trinajstić information content (AvgIpc) is 2.46. The van der Waals surface area contributed by atoms with Crippen molar-refractivity contribution in [3.05, 3.63) is 59.7 Å². The summed E-state index contributed by atoms with van der Waals surface area (Å²) in [4.78, 5) is 0.290. The first-order valence-electron chi connectivity index (χ1n) is 6.82. The Bertz CT molecular complexity index is 676. The first-order chi connectivity index (χ1) is 9.97. The average molecular weight is 305 g/mol. The van der Waals surface area contributed by atoms with Crippen LogP contribution in [0.1, 0.15) is 17.5 Å². The van der Waals surface area contributed by atoms with Crippen LogP contribution >= 0.6 is 0 Å². The molecule has 0 aliphatic carbocycles. The van der Waals surface area contributed by atoms with Crippen molar-refractivity contribution in [3.8, 4) is 5.75 Å². The lowest BCUT2D eigenvalue weighted by atomic mass is 10.1. The molecule has 2 aromatic carbocycles. The number of benzene rings is 2. The summed E-state index contributed by atoms with van der Waals surface area (Å²) in [6, 6.07) is 13.7. The number of phenols is 1. The second-order valence-corrected chi connectivity index (χ2v) is 6.75. The Hall–Kier alpha value is -1.85. The van der Waals surface area contributed by atoms with E-state index in [0.717, 1.165) is 17.5 Å². The molecule has 0 atom stereocenters. The van der Waals surface area contributed by atoms with E-state index < -0.39 is 10.0 Å². The van der Waals surface area contributed by atoms with E-state index in [2.05, 4.69) is 4.72 Å². The molecule has 0 spiro atoms. The van der Waals surface area contributed by atoms with E-state index in [1.54, 1.807) is 36.4 Å². The van der Waals surface area contributed by atoms with Gasteiger partial charge in [0, 0.05) is 6.54 Å². The summed E-state index contributed by atoms with van der Waals surface area (Å²) in [5.74, 6) is 0.235. The normalized spacial score (nSPS) is 11.5. The maximum atomic E-state index is 12.1. The zero-order chi connectivity index (χ0) is 15.3. The van der Waals surface area contributed by atoms with Crippen LogP contribution in [-0.2, 0) is 16.4 Å². The third-order valence-electron chi connectivity index (χ3n) is 3.20. The minimum atomic E-state index is -3.43. The van der Waals surface area contributed by atoms with Gasteiger partial charge >= 0.3 is 0 Å². The zero-order valence-electron chi connectivity index (χ0n) is 11.9. The molecule has 5 heteroatoms. The molecule has 0 amide bonds.